The first kappa shape index (κ1) is 15.6. The lowest BCUT2D eigenvalue weighted by Gasteiger charge is -2.24. The Bertz CT molecular complexity index is 543. The standard InChI is InChI=1S/C15H20N4OS/c1-12(21-2)15(20)19-8-4-7-18(9-10-19)14-13(11-16)5-3-6-17-14/h3,5-6,12H,4,7-10H2,1-2H3/t12-/m0/s1. The lowest BCUT2D eigenvalue weighted by atomic mass is 10.2. The summed E-state index contributed by atoms with van der Waals surface area (Å²) in [4.78, 5) is 20.6. The summed E-state index contributed by atoms with van der Waals surface area (Å²) < 4.78 is 0. The molecular formula is C15H20N4OS. The van der Waals surface area contributed by atoms with Gasteiger partial charge >= 0.3 is 0 Å². The van der Waals surface area contributed by atoms with Crippen molar-refractivity contribution in [2.24, 2.45) is 0 Å². The van der Waals surface area contributed by atoms with Crippen LogP contribution in [-0.2, 0) is 4.79 Å². The summed E-state index contributed by atoms with van der Waals surface area (Å²) in [7, 11) is 0. The SMILES string of the molecule is CS[C@@H](C)C(=O)N1CCCN(c2ncccc2C#N)CC1. The van der Waals surface area contributed by atoms with Gasteiger partial charge in [-0.15, -0.1) is 0 Å². The molecule has 0 bridgehead atoms. The van der Waals surface area contributed by atoms with Crippen molar-refractivity contribution in [2.75, 3.05) is 37.3 Å². The van der Waals surface area contributed by atoms with Crippen LogP contribution in [0, 0.1) is 11.3 Å². The molecule has 1 amide bonds. The van der Waals surface area contributed by atoms with E-state index in [0.29, 0.717) is 12.1 Å². The molecule has 1 atom stereocenters. The Morgan fingerprint density at radius 2 is 2.24 bits per heavy atom. The van der Waals surface area contributed by atoms with E-state index in [0.717, 1.165) is 31.9 Å². The number of hydrogen-bond acceptors (Lipinski definition) is 5. The van der Waals surface area contributed by atoms with Gasteiger partial charge in [0.2, 0.25) is 5.91 Å². The summed E-state index contributed by atoms with van der Waals surface area (Å²) in [6.07, 6.45) is 4.56. The Morgan fingerprint density at radius 1 is 1.43 bits per heavy atom. The second-order valence-electron chi connectivity index (χ2n) is 5.03. The Balaban J connectivity index is 2.08. The fraction of sp³-hybridized carbons (Fsp3) is 0.533. The first-order chi connectivity index (χ1) is 10.2. The monoisotopic (exact) mass is 304 g/mol. The minimum atomic E-state index is 0.000990. The maximum atomic E-state index is 12.3. The highest BCUT2D eigenvalue weighted by atomic mass is 32.2. The van der Waals surface area contributed by atoms with Crippen LogP contribution in [0.15, 0.2) is 18.3 Å². The van der Waals surface area contributed by atoms with Gasteiger partial charge in [-0.2, -0.15) is 17.0 Å². The second-order valence-corrected chi connectivity index (χ2v) is 6.21. The van der Waals surface area contributed by atoms with E-state index in [9.17, 15) is 10.1 Å². The first-order valence-electron chi connectivity index (χ1n) is 7.09. The average molecular weight is 304 g/mol. The fourth-order valence-corrected chi connectivity index (χ4v) is 2.79. The highest BCUT2D eigenvalue weighted by Gasteiger charge is 2.24. The number of carbonyl (C=O) groups excluding carboxylic acids is 1. The highest BCUT2D eigenvalue weighted by Crippen LogP contribution is 2.19. The Labute approximate surface area is 129 Å². The molecule has 0 unspecified atom stereocenters. The predicted octanol–water partition coefficient (Wildman–Crippen LogP) is 1.74. The van der Waals surface area contributed by atoms with Crippen molar-refractivity contribution in [2.45, 2.75) is 18.6 Å². The van der Waals surface area contributed by atoms with Gasteiger partial charge in [0.25, 0.3) is 0 Å². The van der Waals surface area contributed by atoms with Gasteiger partial charge < -0.3 is 9.80 Å². The molecule has 1 aromatic rings. The summed E-state index contributed by atoms with van der Waals surface area (Å²) >= 11 is 1.58. The molecule has 112 valence electrons. The van der Waals surface area contributed by atoms with Gasteiger partial charge in [0, 0.05) is 32.4 Å². The number of hydrogen-bond donors (Lipinski definition) is 0. The molecule has 0 radical (unpaired) electrons. The highest BCUT2D eigenvalue weighted by molar-refractivity contribution is 7.99. The van der Waals surface area contributed by atoms with Crippen LogP contribution in [0.4, 0.5) is 5.82 Å². The molecule has 1 aliphatic rings. The molecule has 0 N–H and O–H groups in total. The van der Waals surface area contributed by atoms with Gasteiger partial charge in [-0.3, -0.25) is 4.79 Å². The van der Waals surface area contributed by atoms with Gasteiger partial charge in [-0.05, 0) is 31.7 Å². The summed E-state index contributed by atoms with van der Waals surface area (Å²) in [5.41, 5.74) is 0.592. The molecule has 21 heavy (non-hydrogen) atoms. The zero-order valence-corrected chi connectivity index (χ0v) is 13.3. The van der Waals surface area contributed by atoms with E-state index in [2.05, 4.69) is 16.0 Å². The van der Waals surface area contributed by atoms with Crippen LogP contribution < -0.4 is 4.90 Å². The Hall–Kier alpha value is -1.74. The number of anilines is 1. The van der Waals surface area contributed by atoms with E-state index in [-0.39, 0.29) is 11.2 Å². The predicted molar refractivity (Wildman–Crippen MR) is 85.3 cm³/mol. The van der Waals surface area contributed by atoms with Crippen LogP contribution >= 0.6 is 11.8 Å². The first-order valence-corrected chi connectivity index (χ1v) is 8.37. The molecule has 1 saturated heterocycles. The van der Waals surface area contributed by atoms with E-state index < -0.39 is 0 Å². The topological polar surface area (TPSA) is 60.2 Å². The molecule has 5 nitrogen and oxygen atoms in total. The van der Waals surface area contributed by atoms with Crippen molar-refractivity contribution in [3.8, 4) is 6.07 Å². The van der Waals surface area contributed by atoms with E-state index in [1.54, 1.807) is 30.1 Å². The van der Waals surface area contributed by atoms with Crippen LogP contribution in [-0.4, -0.2) is 53.5 Å². The van der Waals surface area contributed by atoms with Gasteiger partial charge in [0.15, 0.2) is 0 Å². The van der Waals surface area contributed by atoms with Crippen molar-refractivity contribution >= 4 is 23.5 Å². The summed E-state index contributed by atoms with van der Waals surface area (Å²) in [6, 6.07) is 5.74. The minimum Gasteiger partial charge on any atom is -0.354 e. The molecule has 6 heteroatoms. The number of thioether (sulfide) groups is 1. The molecule has 0 aliphatic carbocycles. The molecule has 0 saturated carbocycles. The minimum absolute atomic E-state index is 0.000990. The third kappa shape index (κ3) is 3.67. The molecule has 1 fully saturated rings. The van der Waals surface area contributed by atoms with Crippen LogP contribution in [0.3, 0.4) is 0 Å². The summed E-state index contributed by atoms with van der Waals surface area (Å²) in [5, 5.41) is 9.18. The number of pyridine rings is 1. The van der Waals surface area contributed by atoms with Gasteiger partial charge in [0.1, 0.15) is 11.9 Å². The molecule has 2 rings (SSSR count). The van der Waals surface area contributed by atoms with Crippen LogP contribution in [0.2, 0.25) is 0 Å². The zero-order chi connectivity index (χ0) is 15.2. The zero-order valence-electron chi connectivity index (χ0n) is 12.5. The number of amides is 1. The molecule has 1 aromatic heterocycles. The quantitative estimate of drug-likeness (QED) is 0.851. The normalized spacial score (nSPS) is 17.0. The van der Waals surface area contributed by atoms with Crippen LogP contribution in [0.1, 0.15) is 18.9 Å². The van der Waals surface area contributed by atoms with Crippen molar-refractivity contribution in [3.05, 3.63) is 23.9 Å². The molecule has 0 spiro atoms. The average Bonchev–Trinajstić information content (AvgIpc) is 2.79. The van der Waals surface area contributed by atoms with Crippen molar-refractivity contribution < 1.29 is 4.79 Å². The number of nitrogens with zero attached hydrogens (tertiary/aromatic N) is 4. The molecular weight excluding hydrogens is 284 g/mol. The fourth-order valence-electron chi connectivity index (χ4n) is 2.44. The molecule has 2 heterocycles. The third-order valence-electron chi connectivity index (χ3n) is 3.72. The largest absolute Gasteiger partial charge is 0.354 e. The van der Waals surface area contributed by atoms with Gasteiger partial charge in [-0.1, -0.05) is 0 Å². The lowest BCUT2D eigenvalue weighted by molar-refractivity contribution is -0.130. The molecule has 1 aliphatic heterocycles. The number of rotatable bonds is 3. The van der Waals surface area contributed by atoms with E-state index >= 15 is 0 Å². The van der Waals surface area contributed by atoms with Crippen molar-refractivity contribution in [1.29, 1.82) is 5.26 Å². The third-order valence-corrected chi connectivity index (χ3v) is 4.62. The number of aromatic nitrogens is 1. The smallest absolute Gasteiger partial charge is 0.235 e. The van der Waals surface area contributed by atoms with Gasteiger partial charge in [-0.25, -0.2) is 4.98 Å². The maximum Gasteiger partial charge on any atom is 0.235 e. The van der Waals surface area contributed by atoms with E-state index in [1.807, 2.05) is 18.1 Å². The second kappa shape index (κ2) is 7.32. The summed E-state index contributed by atoms with van der Waals surface area (Å²) in [6.45, 7) is 4.95. The van der Waals surface area contributed by atoms with E-state index in [1.165, 1.54) is 0 Å². The maximum absolute atomic E-state index is 12.3. The Kier molecular flexibility index (Phi) is 5.45. The Morgan fingerprint density at radius 3 is 2.95 bits per heavy atom. The van der Waals surface area contributed by atoms with E-state index in [4.69, 9.17) is 0 Å². The molecule has 0 aromatic carbocycles. The number of carbonyl (C=O) groups is 1. The van der Waals surface area contributed by atoms with Crippen molar-refractivity contribution in [3.63, 3.8) is 0 Å². The van der Waals surface area contributed by atoms with Gasteiger partial charge in [0.05, 0.1) is 10.8 Å². The lowest BCUT2D eigenvalue weighted by Crippen LogP contribution is -2.39. The van der Waals surface area contributed by atoms with Crippen LogP contribution in [0.25, 0.3) is 0 Å². The van der Waals surface area contributed by atoms with Crippen LogP contribution in [0.5, 0.6) is 0 Å². The summed E-state index contributed by atoms with van der Waals surface area (Å²) in [5.74, 6) is 0.929. The number of nitriles is 1. The van der Waals surface area contributed by atoms with Crippen molar-refractivity contribution in [1.82, 2.24) is 9.88 Å².